The van der Waals surface area contributed by atoms with E-state index in [2.05, 4.69) is 5.32 Å². The first kappa shape index (κ1) is 20.1. The van der Waals surface area contributed by atoms with Crippen molar-refractivity contribution >= 4 is 15.9 Å². The van der Waals surface area contributed by atoms with Crippen LogP contribution in [0.5, 0.6) is 0 Å². The highest BCUT2D eigenvalue weighted by Crippen LogP contribution is 2.16. The Hall–Kier alpha value is -2.18. The summed E-state index contributed by atoms with van der Waals surface area (Å²) in [5, 5.41) is 2.79. The summed E-state index contributed by atoms with van der Waals surface area (Å²) in [7, 11) is -3.73. The molecule has 0 bridgehead atoms. The monoisotopic (exact) mass is 374 g/mol. The van der Waals surface area contributed by atoms with Gasteiger partial charge in [0.1, 0.15) is 0 Å². The number of sulfonamides is 1. The number of amides is 1. The van der Waals surface area contributed by atoms with Crippen LogP contribution in [0.15, 0.2) is 65.6 Å². The maximum absolute atomic E-state index is 13.0. The second-order valence-electron chi connectivity index (χ2n) is 6.59. The van der Waals surface area contributed by atoms with Crippen molar-refractivity contribution in [2.75, 3.05) is 19.6 Å². The maximum Gasteiger partial charge on any atom is 0.243 e. The van der Waals surface area contributed by atoms with Gasteiger partial charge < -0.3 is 5.32 Å². The van der Waals surface area contributed by atoms with Gasteiger partial charge in [0.25, 0.3) is 0 Å². The van der Waals surface area contributed by atoms with Crippen molar-refractivity contribution in [3.05, 3.63) is 66.2 Å². The van der Waals surface area contributed by atoms with Gasteiger partial charge in [-0.15, -0.1) is 0 Å². The highest BCUT2D eigenvalue weighted by molar-refractivity contribution is 7.89. The smallest absolute Gasteiger partial charge is 0.243 e. The van der Waals surface area contributed by atoms with Crippen LogP contribution in [-0.2, 0) is 21.2 Å². The summed E-state index contributed by atoms with van der Waals surface area (Å²) in [5.41, 5.74) is 1.03. The Labute approximate surface area is 156 Å². The molecule has 0 unspecified atom stereocenters. The van der Waals surface area contributed by atoms with Crippen LogP contribution < -0.4 is 5.32 Å². The molecule has 1 amide bonds. The van der Waals surface area contributed by atoms with E-state index in [9.17, 15) is 13.2 Å². The fraction of sp³-hybridized carbons (Fsp3) is 0.350. The van der Waals surface area contributed by atoms with Crippen LogP contribution in [0.3, 0.4) is 0 Å². The summed E-state index contributed by atoms with van der Waals surface area (Å²) in [4.78, 5) is 12.4. The second-order valence-corrected chi connectivity index (χ2v) is 8.52. The number of nitrogens with one attached hydrogen (secondary N) is 1. The van der Waals surface area contributed by atoms with E-state index < -0.39 is 10.0 Å². The molecule has 0 aromatic heterocycles. The van der Waals surface area contributed by atoms with E-state index in [0.29, 0.717) is 18.9 Å². The molecule has 0 spiro atoms. The lowest BCUT2D eigenvalue weighted by Crippen LogP contribution is -2.42. The predicted octanol–water partition coefficient (Wildman–Crippen LogP) is 2.69. The van der Waals surface area contributed by atoms with Gasteiger partial charge in [-0.2, -0.15) is 4.31 Å². The molecular formula is C20H26N2O3S. The lowest BCUT2D eigenvalue weighted by Gasteiger charge is -2.22. The van der Waals surface area contributed by atoms with Crippen molar-refractivity contribution in [3.63, 3.8) is 0 Å². The minimum Gasteiger partial charge on any atom is -0.355 e. The molecular weight excluding hydrogens is 348 g/mol. The largest absolute Gasteiger partial charge is 0.355 e. The lowest BCUT2D eigenvalue weighted by atomic mass is 10.1. The van der Waals surface area contributed by atoms with Crippen molar-refractivity contribution < 1.29 is 13.2 Å². The molecule has 2 aromatic rings. The summed E-state index contributed by atoms with van der Waals surface area (Å²) >= 11 is 0. The zero-order valence-corrected chi connectivity index (χ0v) is 16.1. The van der Waals surface area contributed by atoms with Crippen LogP contribution in [0.2, 0.25) is 0 Å². The van der Waals surface area contributed by atoms with E-state index in [0.717, 1.165) is 5.56 Å². The first-order valence-electron chi connectivity index (χ1n) is 8.75. The van der Waals surface area contributed by atoms with E-state index >= 15 is 0 Å². The average molecular weight is 375 g/mol. The molecule has 1 N–H and O–H groups in total. The highest BCUT2D eigenvalue weighted by atomic mass is 32.2. The number of rotatable bonds is 9. The molecule has 2 aromatic carbocycles. The van der Waals surface area contributed by atoms with Crippen LogP contribution in [0.1, 0.15) is 19.4 Å². The Morgan fingerprint density at radius 3 is 2.15 bits per heavy atom. The van der Waals surface area contributed by atoms with Gasteiger partial charge in [0.15, 0.2) is 0 Å². The number of carbonyl (C=O) groups excluding carboxylic acids is 1. The topological polar surface area (TPSA) is 66.5 Å². The first-order valence-corrected chi connectivity index (χ1v) is 10.2. The normalized spacial score (nSPS) is 11.7. The number of nitrogens with zero attached hydrogens (tertiary/aromatic N) is 1. The summed E-state index contributed by atoms with van der Waals surface area (Å²) < 4.78 is 27.2. The second kappa shape index (κ2) is 9.50. The molecule has 140 valence electrons. The lowest BCUT2D eigenvalue weighted by molar-refractivity contribution is -0.121. The molecule has 0 aliphatic rings. The summed E-state index contributed by atoms with van der Waals surface area (Å²) in [5.74, 6) is 0.0220. The highest BCUT2D eigenvalue weighted by Gasteiger charge is 2.26. The predicted molar refractivity (Wildman–Crippen MR) is 103 cm³/mol. The molecule has 6 heteroatoms. The third-order valence-electron chi connectivity index (χ3n) is 3.90. The van der Waals surface area contributed by atoms with Crippen LogP contribution in [-0.4, -0.2) is 38.3 Å². The van der Waals surface area contributed by atoms with Gasteiger partial charge in [-0.3, -0.25) is 4.79 Å². The van der Waals surface area contributed by atoms with E-state index in [1.807, 2.05) is 44.2 Å². The molecule has 0 aliphatic carbocycles. The standard InChI is InChI=1S/C20H26N2O3S/c1-17(2)15-21-20(23)16-22(14-13-18-9-5-3-6-10-18)26(24,25)19-11-7-4-8-12-19/h3-12,17H,13-16H2,1-2H3,(H,21,23). The SMILES string of the molecule is CC(C)CNC(=O)CN(CCc1ccccc1)S(=O)(=O)c1ccccc1. The molecule has 2 rings (SSSR count). The zero-order chi connectivity index (χ0) is 19.0. The quantitative estimate of drug-likeness (QED) is 0.734. The van der Waals surface area contributed by atoms with Gasteiger partial charge in [0, 0.05) is 13.1 Å². The molecule has 0 fully saturated rings. The third kappa shape index (κ3) is 5.97. The van der Waals surface area contributed by atoms with Crippen molar-refractivity contribution in [1.82, 2.24) is 9.62 Å². The van der Waals surface area contributed by atoms with Crippen molar-refractivity contribution in [3.8, 4) is 0 Å². The van der Waals surface area contributed by atoms with Crippen LogP contribution in [0, 0.1) is 5.92 Å². The number of carbonyl (C=O) groups is 1. The molecule has 0 saturated heterocycles. The third-order valence-corrected chi connectivity index (χ3v) is 5.76. The fourth-order valence-corrected chi connectivity index (χ4v) is 3.88. The van der Waals surface area contributed by atoms with E-state index in [4.69, 9.17) is 0 Å². The van der Waals surface area contributed by atoms with Gasteiger partial charge in [0.05, 0.1) is 11.4 Å². The maximum atomic E-state index is 13.0. The van der Waals surface area contributed by atoms with Gasteiger partial charge in [-0.05, 0) is 30.0 Å². The van der Waals surface area contributed by atoms with E-state index in [-0.39, 0.29) is 23.9 Å². The average Bonchev–Trinajstić information content (AvgIpc) is 2.64. The number of hydrogen-bond donors (Lipinski definition) is 1. The minimum absolute atomic E-state index is 0.184. The summed E-state index contributed by atoms with van der Waals surface area (Å²) in [6.45, 7) is 4.58. The Kier molecular flexibility index (Phi) is 7.36. The fourth-order valence-electron chi connectivity index (χ4n) is 2.46. The van der Waals surface area contributed by atoms with Crippen molar-refractivity contribution in [2.45, 2.75) is 25.2 Å². The Morgan fingerprint density at radius 1 is 1.00 bits per heavy atom. The molecule has 26 heavy (non-hydrogen) atoms. The number of benzene rings is 2. The molecule has 0 atom stereocenters. The summed E-state index contributed by atoms with van der Waals surface area (Å²) in [6, 6.07) is 17.9. The van der Waals surface area contributed by atoms with Crippen LogP contribution in [0.4, 0.5) is 0 Å². The molecule has 0 radical (unpaired) electrons. The zero-order valence-electron chi connectivity index (χ0n) is 15.3. The first-order chi connectivity index (χ1) is 12.4. The Bertz CT molecular complexity index is 790. The molecule has 0 saturated carbocycles. The van der Waals surface area contributed by atoms with Gasteiger partial charge in [-0.25, -0.2) is 8.42 Å². The van der Waals surface area contributed by atoms with Crippen molar-refractivity contribution in [1.29, 1.82) is 0 Å². The van der Waals surface area contributed by atoms with Crippen molar-refractivity contribution in [2.24, 2.45) is 5.92 Å². The van der Waals surface area contributed by atoms with Gasteiger partial charge >= 0.3 is 0 Å². The molecule has 0 heterocycles. The van der Waals surface area contributed by atoms with Crippen LogP contribution >= 0.6 is 0 Å². The molecule has 5 nitrogen and oxygen atoms in total. The number of hydrogen-bond acceptors (Lipinski definition) is 3. The Morgan fingerprint density at radius 2 is 1.58 bits per heavy atom. The van der Waals surface area contributed by atoms with E-state index in [1.165, 1.54) is 4.31 Å². The summed E-state index contributed by atoms with van der Waals surface area (Å²) in [6.07, 6.45) is 0.546. The molecule has 0 aliphatic heterocycles. The van der Waals surface area contributed by atoms with Gasteiger partial charge in [0.2, 0.25) is 15.9 Å². The minimum atomic E-state index is -3.73. The Balaban J connectivity index is 2.16. The van der Waals surface area contributed by atoms with Crippen LogP contribution in [0.25, 0.3) is 0 Å². The van der Waals surface area contributed by atoms with Gasteiger partial charge in [-0.1, -0.05) is 62.4 Å². The van der Waals surface area contributed by atoms with E-state index in [1.54, 1.807) is 30.3 Å².